The van der Waals surface area contributed by atoms with Gasteiger partial charge in [-0.3, -0.25) is 4.79 Å². The van der Waals surface area contributed by atoms with E-state index >= 15 is 0 Å². The Hall–Kier alpha value is -2.42. The summed E-state index contributed by atoms with van der Waals surface area (Å²) in [6.45, 7) is -0.0897. The molecule has 0 aliphatic carbocycles. The molecule has 0 aliphatic rings. The Balaban J connectivity index is 2.11. The van der Waals surface area contributed by atoms with E-state index in [1.165, 1.54) is 37.5 Å². The third-order valence-corrected chi connectivity index (χ3v) is 3.48. The number of aromatic nitrogens is 2. The van der Waals surface area contributed by atoms with E-state index in [2.05, 4.69) is 10.3 Å². The highest BCUT2D eigenvalue weighted by Crippen LogP contribution is 2.40. The van der Waals surface area contributed by atoms with Crippen molar-refractivity contribution in [3.63, 3.8) is 0 Å². The number of halogens is 4. The van der Waals surface area contributed by atoms with Crippen molar-refractivity contribution in [2.24, 2.45) is 7.05 Å². The van der Waals surface area contributed by atoms with Crippen LogP contribution in [0.25, 0.3) is 0 Å². The van der Waals surface area contributed by atoms with Gasteiger partial charge in [0, 0.05) is 26.0 Å². The van der Waals surface area contributed by atoms with Crippen LogP contribution in [0.4, 0.5) is 17.6 Å². The van der Waals surface area contributed by atoms with Crippen molar-refractivity contribution in [3.8, 4) is 0 Å². The Bertz CT molecular complexity index is 712. The smallest absolute Gasteiger partial charge is 0.374 e. The quantitative estimate of drug-likeness (QED) is 0.815. The molecule has 0 saturated carbocycles. The molecule has 0 bridgehead atoms. The highest BCUT2D eigenvalue weighted by Gasteiger charge is 2.58. The monoisotopic (exact) mass is 345 g/mol. The van der Waals surface area contributed by atoms with Crippen molar-refractivity contribution in [2.75, 3.05) is 0 Å². The van der Waals surface area contributed by atoms with Crippen molar-refractivity contribution in [1.82, 2.24) is 14.9 Å². The maximum atomic E-state index is 13.3. The molecule has 1 atom stereocenters. The summed E-state index contributed by atoms with van der Waals surface area (Å²) in [7, 11) is 1.29. The molecule has 2 rings (SSSR count). The van der Waals surface area contributed by atoms with Gasteiger partial charge >= 0.3 is 6.18 Å². The van der Waals surface area contributed by atoms with Crippen molar-refractivity contribution >= 4 is 5.91 Å². The van der Waals surface area contributed by atoms with Gasteiger partial charge in [0.1, 0.15) is 5.82 Å². The summed E-state index contributed by atoms with van der Waals surface area (Å²) in [5.41, 5.74) is -2.89. The second-order valence-electron chi connectivity index (χ2n) is 5.30. The van der Waals surface area contributed by atoms with Crippen LogP contribution in [0, 0.1) is 5.82 Å². The fourth-order valence-corrected chi connectivity index (χ4v) is 2.17. The maximum Gasteiger partial charge on any atom is 0.425 e. The third-order valence-electron chi connectivity index (χ3n) is 3.48. The number of aliphatic hydroxyl groups is 1. The lowest BCUT2D eigenvalue weighted by Crippen LogP contribution is -2.47. The van der Waals surface area contributed by atoms with Gasteiger partial charge in [-0.15, -0.1) is 0 Å². The van der Waals surface area contributed by atoms with Crippen LogP contribution in [0.3, 0.4) is 0 Å². The molecule has 130 valence electrons. The van der Waals surface area contributed by atoms with Gasteiger partial charge in [-0.2, -0.15) is 13.2 Å². The summed E-state index contributed by atoms with van der Waals surface area (Å²) < 4.78 is 53.7. The van der Waals surface area contributed by atoms with Gasteiger partial charge in [-0.1, -0.05) is 12.1 Å². The number of amides is 1. The SMILES string of the molecule is Cn1ccnc1C(O)(CC(=O)NCc1ccc(F)cc1)C(F)(F)F. The summed E-state index contributed by atoms with van der Waals surface area (Å²) in [6.07, 6.45) is -3.98. The number of hydrogen-bond acceptors (Lipinski definition) is 3. The number of rotatable bonds is 5. The van der Waals surface area contributed by atoms with E-state index < -0.39 is 35.7 Å². The molecule has 0 saturated heterocycles. The molecule has 2 N–H and O–H groups in total. The average Bonchev–Trinajstić information content (AvgIpc) is 2.92. The fourth-order valence-electron chi connectivity index (χ4n) is 2.17. The zero-order valence-corrected chi connectivity index (χ0v) is 12.6. The molecule has 0 aliphatic heterocycles. The molecule has 2 aromatic rings. The molecule has 0 radical (unpaired) electrons. The van der Waals surface area contributed by atoms with Gasteiger partial charge in [-0.05, 0) is 17.7 Å². The van der Waals surface area contributed by atoms with E-state index in [-0.39, 0.29) is 6.54 Å². The first-order chi connectivity index (χ1) is 11.1. The number of imidazole rings is 1. The second-order valence-corrected chi connectivity index (χ2v) is 5.30. The van der Waals surface area contributed by atoms with Gasteiger partial charge in [0.2, 0.25) is 11.5 Å². The van der Waals surface area contributed by atoms with Gasteiger partial charge in [0.25, 0.3) is 0 Å². The zero-order valence-electron chi connectivity index (χ0n) is 12.6. The number of aryl methyl sites for hydroxylation is 1. The van der Waals surface area contributed by atoms with Gasteiger partial charge in [0.05, 0.1) is 6.42 Å². The van der Waals surface area contributed by atoms with E-state index in [0.717, 1.165) is 10.8 Å². The van der Waals surface area contributed by atoms with Crippen LogP contribution < -0.4 is 5.32 Å². The minimum Gasteiger partial charge on any atom is -0.374 e. The molecule has 1 aromatic heterocycles. The first-order valence-corrected chi connectivity index (χ1v) is 6.91. The molecule has 5 nitrogen and oxygen atoms in total. The summed E-state index contributed by atoms with van der Waals surface area (Å²) in [5.74, 6) is -2.15. The third kappa shape index (κ3) is 3.73. The summed E-state index contributed by atoms with van der Waals surface area (Å²) in [6, 6.07) is 5.12. The van der Waals surface area contributed by atoms with Crippen molar-refractivity contribution < 1.29 is 27.5 Å². The van der Waals surface area contributed by atoms with E-state index in [4.69, 9.17) is 0 Å². The van der Waals surface area contributed by atoms with Crippen LogP contribution in [0.15, 0.2) is 36.7 Å². The summed E-state index contributed by atoms with van der Waals surface area (Å²) >= 11 is 0. The molecule has 0 spiro atoms. The number of nitrogens with one attached hydrogen (secondary N) is 1. The van der Waals surface area contributed by atoms with Gasteiger partial charge in [0.15, 0.2) is 5.82 Å². The molecular weight excluding hydrogens is 330 g/mol. The largest absolute Gasteiger partial charge is 0.425 e. The lowest BCUT2D eigenvalue weighted by atomic mass is 9.97. The number of benzene rings is 1. The first kappa shape index (κ1) is 17.9. The van der Waals surface area contributed by atoms with E-state index in [1.807, 2.05) is 0 Å². The highest BCUT2D eigenvalue weighted by atomic mass is 19.4. The molecule has 0 fully saturated rings. The Morgan fingerprint density at radius 2 is 1.92 bits per heavy atom. The van der Waals surface area contributed by atoms with Crippen molar-refractivity contribution in [2.45, 2.75) is 24.7 Å². The minimum absolute atomic E-state index is 0.0897. The van der Waals surface area contributed by atoms with Crippen molar-refractivity contribution in [1.29, 1.82) is 0 Å². The topological polar surface area (TPSA) is 67.1 Å². The van der Waals surface area contributed by atoms with Gasteiger partial charge < -0.3 is 15.0 Å². The molecule has 24 heavy (non-hydrogen) atoms. The second kappa shape index (κ2) is 6.60. The normalized spacial score (nSPS) is 14.2. The van der Waals surface area contributed by atoms with E-state index in [0.29, 0.717) is 5.56 Å². The Morgan fingerprint density at radius 3 is 2.42 bits per heavy atom. The minimum atomic E-state index is -5.08. The summed E-state index contributed by atoms with van der Waals surface area (Å²) in [4.78, 5) is 15.4. The fraction of sp³-hybridized carbons (Fsp3) is 0.333. The van der Waals surface area contributed by atoms with Crippen molar-refractivity contribution in [3.05, 3.63) is 53.9 Å². The molecule has 1 amide bonds. The average molecular weight is 345 g/mol. The standard InChI is InChI=1S/C15H15F4N3O2/c1-22-7-6-20-13(22)14(24,15(17,18)19)8-12(23)21-9-10-2-4-11(16)5-3-10/h2-7,24H,8-9H2,1H3,(H,21,23). The molecular formula is C15H15F4N3O2. The molecule has 1 aromatic carbocycles. The summed E-state index contributed by atoms with van der Waals surface area (Å²) in [5, 5.41) is 12.3. The van der Waals surface area contributed by atoms with Gasteiger partial charge in [-0.25, -0.2) is 9.37 Å². The molecule has 1 unspecified atom stereocenters. The van der Waals surface area contributed by atoms with Crippen LogP contribution in [-0.4, -0.2) is 26.7 Å². The predicted molar refractivity (Wildman–Crippen MR) is 76.0 cm³/mol. The molecule has 1 heterocycles. The van der Waals surface area contributed by atoms with E-state index in [1.54, 1.807) is 0 Å². The Kier molecular flexibility index (Phi) is 4.93. The predicted octanol–water partition coefficient (Wildman–Crippen LogP) is 2.02. The maximum absolute atomic E-state index is 13.3. The lowest BCUT2D eigenvalue weighted by Gasteiger charge is -2.29. The number of carbonyl (C=O) groups excluding carboxylic acids is 1. The molecule has 9 heteroatoms. The highest BCUT2D eigenvalue weighted by molar-refractivity contribution is 5.77. The van der Waals surface area contributed by atoms with Crippen LogP contribution in [-0.2, 0) is 24.0 Å². The zero-order chi connectivity index (χ0) is 18.0. The van der Waals surface area contributed by atoms with Crippen LogP contribution >= 0.6 is 0 Å². The number of carbonyl (C=O) groups is 1. The van der Waals surface area contributed by atoms with E-state index in [9.17, 15) is 27.5 Å². The Morgan fingerprint density at radius 1 is 1.29 bits per heavy atom. The number of alkyl halides is 3. The number of hydrogen-bond donors (Lipinski definition) is 2. The Labute approximate surface area is 134 Å². The lowest BCUT2D eigenvalue weighted by molar-refractivity contribution is -0.271. The van der Waals surface area contributed by atoms with Crippen LogP contribution in [0.1, 0.15) is 17.8 Å². The van der Waals surface area contributed by atoms with Crippen LogP contribution in [0.2, 0.25) is 0 Å². The number of nitrogens with zero attached hydrogens (tertiary/aromatic N) is 2. The first-order valence-electron chi connectivity index (χ1n) is 6.91. The van der Waals surface area contributed by atoms with Crippen LogP contribution in [0.5, 0.6) is 0 Å².